The number of halogens is 1. The molecule has 0 bridgehead atoms. The topological polar surface area (TPSA) is 172 Å². The van der Waals surface area contributed by atoms with Gasteiger partial charge in [-0.15, -0.1) is 0 Å². The molecule has 4 amide bonds. The summed E-state index contributed by atoms with van der Waals surface area (Å²) in [5.74, 6) is -4.54. The third-order valence-corrected chi connectivity index (χ3v) is 13.6. The Bertz CT molecular complexity index is 2050. The molecule has 6 atom stereocenters. The molecular weight excluding hydrogens is 758 g/mol. The molecule has 7 rings (SSSR count). The first-order valence-electron chi connectivity index (χ1n) is 19.6. The number of allylic oxidation sites excluding steroid dienone is 1. The Hall–Kier alpha value is -4.30. The summed E-state index contributed by atoms with van der Waals surface area (Å²) in [5.41, 5.74) is -0.715. The highest BCUT2D eigenvalue weighted by molar-refractivity contribution is 7.91. The van der Waals surface area contributed by atoms with Crippen molar-refractivity contribution >= 4 is 51.2 Å². The highest BCUT2D eigenvalue weighted by atomic mass is 35.5. The Morgan fingerprint density at radius 1 is 1.02 bits per heavy atom. The standard InChI is InChI=1S/C41H50ClN5O8S/c1-40(2,3)55-34(48)20-26-11-7-5-4-6-8-13-28-21-41(28,39(52)45-56(53,54)30-17-18-30)44-36(49)35-31-24-46(22-27(31)23-47(35)37(26)50)38(51)33-16-10-15-32(43-33)25-12-9-14-29(42)19-25/h8-10,12-16,19,26-28,30-31,35H,4-7,11,17-18,20-24H2,1-3H3,(H,44,49)(H,45,52)/b13-8-/t26-,27-,28+,31-,35-,41+/m0/s1. The van der Waals surface area contributed by atoms with Gasteiger partial charge in [-0.05, 0) is 83.6 Å². The van der Waals surface area contributed by atoms with Crippen molar-refractivity contribution in [3.8, 4) is 11.3 Å². The van der Waals surface area contributed by atoms with E-state index in [0.717, 1.165) is 18.4 Å². The number of esters is 1. The number of hydrogen-bond acceptors (Lipinski definition) is 9. The highest BCUT2D eigenvalue weighted by Crippen LogP contribution is 2.47. The maximum Gasteiger partial charge on any atom is 0.307 e. The van der Waals surface area contributed by atoms with Crippen LogP contribution in [0.3, 0.4) is 0 Å². The monoisotopic (exact) mass is 807 g/mol. The fraction of sp³-hybridized carbons (Fsp3) is 0.561. The van der Waals surface area contributed by atoms with Gasteiger partial charge in [0.15, 0.2) is 0 Å². The summed E-state index contributed by atoms with van der Waals surface area (Å²) >= 11 is 6.21. The Kier molecular flexibility index (Phi) is 11.1. The number of fused-ring (bicyclic) bond motifs is 4. The number of ether oxygens (including phenoxy) is 1. The number of aromatic nitrogens is 1. The van der Waals surface area contributed by atoms with E-state index in [4.69, 9.17) is 16.3 Å². The smallest absolute Gasteiger partial charge is 0.307 e. The van der Waals surface area contributed by atoms with Gasteiger partial charge in [0.2, 0.25) is 21.8 Å². The third-order valence-electron chi connectivity index (χ3n) is 11.5. The first-order chi connectivity index (χ1) is 26.5. The van der Waals surface area contributed by atoms with Crippen LogP contribution in [0, 0.1) is 23.7 Å². The average Bonchev–Trinajstić information content (AvgIpc) is 4.03. The van der Waals surface area contributed by atoms with Crippen LogP contribution in [0.5, 0.6) is 0 Å². The molecule has 1 aromatic carbocycles. The van der Waals surface area contributed by atoms with Crippen LogP contribution in [0.15, 0.2) is 54.6 Å². The lowest BCUT2D eigenvalue weighted by Crippen LogP contribution is -2.58. The van der Waals surface area contributed by atoms with Gasteiger partial charge in [0.25, 0.3) is 11.8 Å². The van der Waals surface area contributed by atoms with E-state index in [1.165, 1.54) is 4.90 Å². The molecule has 4 heterocycles. The Labute approximate surface area is 333 Å². The second-order valence-electron chi connectivity index (χ2n) is 17.0. The largest absolute Gasteiger partial charge is 0.460 e. The van der Waals surface area contributed by atoms with E-state index in [0.29, 0.717) is 42.8 Å². The van der Waals surface area contributed by atoms with Crippen molar-refractivity contribution in [1.29, 1.82) is 0 Å². The number of carbonyl (C=O) groups excluding carboxylic acids is 5. The highest BCUT2D eigenvalue weighted by Gasteiger charge is 2.63. The van der Waals surface area contributed by atoms with Crippen molar-refractivity contribution in [3.63, 3.8) is 0 Å². The van der Waals surface area contributed by atoms with E-state index < -0.39 is 68.0 Å². The molecule has 5 aliphatic rings. The van der Waals surface area contributed by atoms with Gasteiger partial charge in [-0.1, -0.05) is 54.8 Å². The summed E-state index contributed by atoms with van der Waals surface area (Å²) < 4.78 is 33.7. The molecule has 300 valence electrons. The van der Waals surface area contributed by atoms with Crippen molar-refractivity contribution in [2.75, 3.05) is 19.6 Å². The molecule has 0 unspecified atom stereocenters. The molecule has 13 nitrogen and oxygen atoms in total. The number of hydrogen-bond donors (Lipinski definition) is 2. The number of rotatable bonds is 7. The van der Waals surface area contributed by atoms with Crippen molar-refractivity contribution in [1.82, 2.24) is 24.8 Å². The summed E-state index contributed by atoms with van der Waals surface area (Å²) in [7, 11) is -3.91. The van der Waals surface area contributed by atoms with Crippen molar-refractivity contribution in [3.05, 3.63) is 65.3 Å². The lowest BCUT2D eigenvalue weighted by molar-refractivity contribution is -0.159. The molecule has 4 fully saturated rings. The van der Waals surface area contributed by atoms with Crippen LogP contribution >= 0.6 is 11.6 Å². The Morgan fingerprint density at radius 3 is 2.52 bits per heavy atom. The predicted molar refractivity (Wildman–Crippen MR) is 208 cm³/mol. The molecule has 2 saturated carbocycles. The molecule has 2 saturated heterocycles. The average molecular weight is 808 g/mol. The maximum atomic E-state index is 14.7. The molecule has 2 aromatic rings. The van der Waals surface area contributed by atoms with Gasteiger partial charge in [-0.25, -0.2) is 13.4 Å². The third kappa shape index (κ3) is 8.66. The fourth-order valence-corrected chi connectivity index (χ4v) is 10.0. The second-order valence-corrected chi connectivity index (χ2v) is 19.4. The maximum absolute atomic E-state index is 14.7. The van der Waals surface area contributed by atoms with Gasteiger partial charge in [-0.2, -0.15) is 0 Å². The van der Waals surface area contributed by atoms with E-state index >= 15 is 0 Å². The van der Waals surface area contributed by atoms with E-state index in [9.17, 15) is 32.4 Å². The van der Waals surface area contributed by atoms with Crippen LogP contribution in [-0.4, -0.2) is 94.9 Å². The summed E-state index contributed by atoms with van der Waals surface area (Å²) in [5, 5.41) is 2.84. The van der Waals surface area contributed by atoms with Crippen LogP contribution in [0.1, 0.15) is 89.0 Å². The van der Waals surface area contributed by atoms with E-state index in [1.54, 1.807) is 62.1 Å². The van der Waals surface area contributed by atoms with Gasteiger partial charge < -0.3 is 19.9 Å². The van der Waals surface area contributed by atoms with Gasteiger partial charge in [-0.3, -0.25) is 28.7 Å². The number of likely N-dealkylation sites (tertiary alicyclic amines) is 1. The number of nitrogens with one attached hydrogen (secondary N) is 2. The van der Waals surface area contributed by atoms with Gasteiger partial charge in [0.05, 0.1) is 17.4 Å². The fourth-order valence-electron chi connectivity index (χ4n) is 8.48. The van der Waals surface area contributed by atoms with Crippen molar-refractivity contribution in [2.45, 2.75) is 101 Å². The SMILES string of the molecule is CC(C)(C)OC(=O)C[C@@H]1CCCCC/C=C\[C@@H]2C[C@@]2(C(=O)NS(=O)(=O)C2CC2)NC(=O)[C@@H]2[C@H]3CN(C(=O)c4cccc(-c5cccc(Cl)c5)n4)C[C@H]3CN2C1=O. The second kappa shape index (κ2) is 15.6. The molecule has 56 heavy (non-hydrogen) atoms. The number of pyridine rings is 1. The Balaban J connectivity index is 1.18. The van der Waals surface area contributed by atoms with E-state index in [1.807, 2.05) is 18.2 Å². The van der Waals surface area contributed by atoms with Crippen LogP contribution in [0.4, 0.5) is 0 Å². The summed E-state index contributed by atoms with van der Waals surface area (Å²) in [6.07, 6.45) is 8.24. The first kappa shape index (κ1) is 39.9. The number of sulfonamides is 1. The summed E-state index contributed by atoms with van der Waals surface area (Å²) in [6, 6.07) is 11.3. The quantitative estimate of drug-likeness (QED) is 0.299. The van der Waals surface area contributed by atoms with Gasteiger partial charge in [0.1, 0.15) is 22.9 Å². The molecule has 1 aromatic heterocycles. The zero-order valence-corrected chi connectivity index (χ0v) is 33.6. The predicted octanol–water partition coefficient (Wildman–Crippen LogP) is 4.65. The van der Waals surface area contributed by atoms with Crippen LogP contribution in [0.25, 0.3) is 11.3 Å². The summed E-state index contributed by atoms with van der Waals surface area (Å²) in [6.45, 7) is 5.85. The van der Waals surface area contributed by atoms with Crippen LogP contribution in [0.2, 0.25) is 5.02 Å². The molecular formula is C41H50ClN5O8S. The lowest BCUT2D eigenvalue weighted by Gasteiger charge is -2.33. The van der Waals surface area contributed by atoms with Gasteiger partial charge >= 0.3 is 5.97 Å². The van der Waals surface area contributed by atoms with Crippen molar-refractivity contribution < 1.29 is 37.1 Å². The molecule has 2 N–H and O–H groups in total. The minimum Gasteiger partial charge on any atom is -0.460 e. The molecule has 0 spiro atoms. The van der Waals surface area contributed by atoms with E-state index in [-0.39, 0.29) is 55.9 Å². The Morgan fingerprint density at radius 2 is 1.79 bits per heavy atom. The zero-order chi connectivity index (χ0) is 40.0. The van der Waals surface area contributed by atoms with Crippen molar-refractivity contribution in [2.24, 2.45) is 23.7 Å². The molecule has 2 aliphatic carbocycles. The number of carbonyl (C=O) groups is 5. The van der Waals surface area contributed by atoms with Gasteiger partial charge in [0, 0.05) is 53.9 Å². The van der Waals surface area contributed by atoms with Crippen LogP contribution in [-0.2, 0) is 33.9 Å². The molecule has 3 aliphatic heterocycles. The lowest BCUT2D eigenvalue weighted by atomic mass is 9.92. The first-order valence-corrected chi connectivity index (χ1v) is 21.6. The number of nitrogens with zero attached hydrogens (tertiary/aromatic N) is 3. The summed E-state index contributed by atoms with van der Waals surface area (Å²) in [4.78, 5) is 78.1. The van der Waals surface area contributed by atoms with E-state index in [2.05, 4.69) is 15.0 Å². The number of benzene rings is 1. The minimum atomic E-state index is -3.91. The minimum absolute atomic E-state index is 0.143. The normalized spacial score (nSPS) is 28.8. The molecule has 0 radical (unpaired) electrons. The molecule has 15 heteroatoms. The zero-order valence-electron chi connectivity index (χ0n) is 32.0. The number of amides is 4. The van der Waals surface area contributed by atoms with Crippen LogP contribution < -0.4 is 10.0 Å².